The van der Waals surface area contributed by atoms with E-state index < -0.39 is 0 Å². The zero-order chi connectivity index (χ0) is 32.8. The van der Waals surface area contributed by atoms with E-state index in [1.807, 2.05) is 37.8 Å². The van der Waals surface area contributed by atoms with Crippen molar-refractivity contribution in [3.05, 3.63) is 78.1 Å². The van der Waals surface area contributed by atoms with Gasteiger partial charge in [-0.1, -0.05) is 6.07 Å². The second kappa shape index (κ2) is 18.6. The first-order valence-electron chi connectivity index (χ1n) is 18.2. The van der Waals surface area contributed by atoms with Crippen molar-refractivity contribution < 1.29 is 18.9 Å². The molecule has 4 saturated heterocycles. The number of nitrogens with one attached hydrogen (secondary N) is 3. The summed E-state index contributed by atoms with van der Waals surface area (Å²) in [6, 6.07) is 10.6. The zero-order valence-electron chi connectivity index (χ0n) is 28.5. The van der Waals surface area contributed by atoms with Gasteiger partial charge in [0.25, 0.3) is 0 Å². The molecule has 4 aliphatic heterocycles. The molecular formula is C38H54N6O4. The van der Waals surface area contributed by atoms with Crippen molar-refractivity contribution in [2.45, 2.75) is 108 Å². The monoisotopic (exact) mass is 658 g/mol. The van der Waals surface area contributed by atoms with Crippen molar-refractivity contribution in [3.63, 3.8) is 0 Å². The lowest BCUT2D eigenvalue weighted by Crippen LogP contribution is -2.53. The van der Waals surface area contributed by atoms with E-state index in [4.69, 9.17) is 18.9 Å². The van der Waals surface area contributed by atoms with Crippen LogP contribution in [0.4, 0.5) is 0 Å². The van der Waals surface area contributed by atoms with Gasteiger partial charge in [-0.15, -0.1) is 0 Å². The number of ether oxygens (including phenoxy) is 4. The molecule has 10 heteroatoms. The maximum Gasteiger partial charge on any atom is 0.137 e. The molecule has 4 aliphatic rings. The molecule has 7 heterocycles. The Bertz CT molecular complexity index is 1350. The quantitative estimate of drug-likeness (QED) is 0.180. The minimum atomic E-state index is 0.326. The van der Waals surface area contributed by atoms with E-state index in [0.717, 1.165) is 96.0 Å². The van der Waals surface area contributed by atoms with Gasteiger partial charge in [-0.25, -0.2) is 0 Å². The van der Waals surface area contributed by atoms with Crippen molar-refractivity contribution >= 4 is 0 Å². The van der Waals surface area contributed by atoms with E-state index in [0.29, 0.717) is 36.4 Å². The lowest BCUT2D eigenvalue weighted by atomic mass is 9.90. The van der Waals surface area contributed by atoms with Crippen LogP contribution in [0.15, 0.2) is 61.4 Å². The van der Waals surface area contributed by atoms with Crippen molar-refractivity contribution in [1.29, 1.82) is 0 Å². The van der Waals surface area contributed by atoms with Crippen LogP contribution in [-0.2, 0) is 28.7 Å². The van der Waals surface area contributed by atoms with Crippen LogP contribution in [0, 0.1) is 0 Å². The first-order valence-corrected chi connectivity index (χ1v) is 18.2. The molecule has 0 aliphatic carbocycles. The summed E-state index contributed by atoms with van der Waals surface area (Å²) in [7, 11) is 0. The molecular weight excluding hydrogens is 604 g/mol. The standard InChI is InChI=1S/C21H27N3O2.C17H27N3O2/c1-2-16(12-22-8-1)10-20-6-5-19(26-20)4-3-17-11-21(14-23-13-17)25-15-18-7-9-24-18;1-2-21-6-4-14-9-16(20-14)7-13-8-17(11-18-10-13)22-12-15-3-5-19-15/h1-2,8,11-14,18-20,24H,3-7,9-10,15H2;8,10-11,14-16,19-20H,2-7,9,12H2,1H3/t18-,19-,20+;14-,15-,16-/m00/s1. The molecule has 3 aromatic heterocycles. The average molecular weight is 659 g/mol. The van der Waals surface area contributed by atoms with Crippen LogP contribution < -0.4 is 25.4 Å². The molecule has 0 spiro atoms. The van der Waals surface area contributed by atoms with Gasteiger partial charge in [0.2, 0.25) is 0 Å². The first kappa shape index (κ1) is 34.7. The largest absolute Gasteiger partial charge is 0.490 e. The predicted octanol–water partition coefficient (Wildman–Crippen LogP) is 4.46. The van der Waals surface area contributed by atoms with Crippen molar-refractivity contribution in [1.82, 2.24) is 30.9 Å². The van der Waals surface area contributed by atoms with Gasteiger partial charge in [-0.2, -0.15) is 0 Å². The lowest BCUT2D eigenvalue weighted by Gasteiger charge is -2.37. The molecule has 6 atom stereocenters. The molecule has 3 N–H and O–H groups in total. The highest BCUT2D eigenvalue weighted by molar-refractivity contribution is 5.25. The summed E-state index contributed by atoms with van der Waals surface area (Å²) in [5.41, 5.74) is 3.73. The number of rotatable bonds is 17. The second-order valence-corrected chi connectivity index (χ2v) is 13.6. The molecule has 4 fully saturated rings. The van der Waals surface area contributed by atoms with Crippen LogP contribution in [-0.4, -0.2) is 90.8 Å². The summed E-state index contributed by atoms with van der Waals surface area (Å²) in [5, 5.41) is 10.3. The van der Waals surface area contributed by atoms with Gasteiger partial charge in [0.1, 0.15) is 24.7 Å². The number of pyridine rings is 3. The highest BCUT2D eigenvalue weighted by Gasteiger charge is 2.28. The van der Waals surface area contributed by atoms with Gasteiger partial charge < -0.3 is 34.9 Å². The number of hydrogen-bond acceptors (Lipinski definition) is 10. The predicted molar refractivity (Wildman–Crippen MR) is 187 cm³/mol. The van der Waals surface area contributed by atoms with Crippen molar-refractivity contribution in [3.8, 4) is 11.5 Å². The minimum Gasteiger partial charge on any atom is -0.490 e. The number of aryl methyl sites for hydroxylation is 1. The molecule has 0 aromatic carbocycles. The van der Waals surface area contributed by atoms with Crippen LogP contribution in [0.3, 0.4) is 0 Å². The molecule has 0 radical (unpaired) electrons. The van der Waals surface area contributed by atoms with E-state index in [1.54, 1.807) is 12.4 Å². The van der Waals surface area contributed by atoms with Gasteiger partial charge in [-0.3, -0.25) is 15.0 Å². The highest BCUT2D eigenvalue weighted by atomic mass is 16.5. The Morgan fingerprint density at radius 1 is 0.729 bits per heavy atom. The summed E-state index contributed by atoms with van der Waals surface area (Å²) >= 11 is 0. The summed E-state index contributed by atoms with van der Waals surface area (Å²) in [4.78, 5) is 12.8. The molecule has 0 bridgehead atoms. The molecule has 48 heavy (non-hydrogen) atoms. The molecule has 3 aromatic rings. The first-order chi connectivity index (χ1) is 23.7. The Labute approximate surface area is 286 Å². The highest BCUT2D eigenvalue weighted by Crippen LogP contribution is 2.26. The molecule has 0 unspecified atom stereocenters. The molecule has 260 valence electrons. The SMILES string of the molecule is CCOCC[C@H]1C[C@H](Cc2cncc(OC[C@@H]3CCN3)c2)N1.c1cncc(C[C@H]2CC[C@H](CCc3cncc(OC[C@@H]4CCN4)c3)O2)c1. The van der Waals surface area contributed by atoms with Gasteiger partial charge in [0.05, 0.1) is 24.6 Å². The van der Waals surface area contributed by atoms with E-state index in [9.17, 15) is 0 Å². The fourth-order valence-electron chi connectivity index (χ4n) is 6.61. The average Bonchev–Trinajstić information content (AvgIpc) is 3.49. The third kappa shape index (κ3) is 11.2. The van der Waals surface area contributed by atoms with Gasteiger partial charge in [-0.05, 0) is 113 Å². The molecule has 10 nitrogen and oxygen atoms in total. The number of aromatic nitrogens is 3. The van der Waals surface area contributed by atoms with Crippen molar-refractivity contribution in [2.24, 2.45) is 0 Å². The Balaban J connectivity index is 0.000000170. The summed E-state index contributed by atoms with van der Waals surface area (Å²) in [6.07, 6.45) is 23.0. The smallest absolute Gasteiger partial charge is 0.137 e. The summed E-state index contributed by atoms with van der Waals surface area (Å²) in [5.74, 6) is 1.76. The minimum absolute atomic E-state index is 0.326. The van der Waals surface area contributed by atoms with Crippen LogP contribution in [0.2, 0.25) is 0 Å². The third-order valence-electron chi connectivity index (χ3n) is 9.77. The normalized spacial score (nSPS) is 25.9. The van der Waals surface area contributed by atoms with Gasteiger partial charge >= 0.3 is 0 Å². The third-order valence-corrected chi connectivity index (χ3v) is 9.77. The van der Waals surface area contributed by atoms with E-state index >= 15 is 0 Å². The van der Waals surface area contributed by atoms with Crippen LogP contribution in [0.25, 0.3) is 0 Å². The Hall–Kier alpha value is -3.15. The van der Waals surface area contributed by atoms with Crippen molar-refractivity contribution in [2.75, 3.05) is 39.5 Å². The number of nitrogens with zero attached hydrogens (tertiary/aromatic N) is 3. The molecule has 0 amide bonds. The van der Waals surface area contributed by atoms with Crippen LogP contribution in [0.1, 0.15) is 68.6 Å². The Morgan fingerprint density at radius 2 is 1.40 bits per heavy atom. The maximum absolute atomic E-state index is 6.23. The fraction of sp³-hybridized carbons (Fsp3) is 0.605. The van der Waals surface area contributed by atoms with E-state index in [-0.39, 0.29) is 0 Å². The fourth-order valence-corrected chi connectivity index (χ4v) is 6.61. The van der Waals surface area contributed by atoms with Gasteiger partial charge in [0.15, 0.2) is 0 Å². The lowest BCUT2D eigenvalue weighted by molar-refractivity contribution is 0.0412. The van der Waals surface area contributed by atoms with Crippen LogP contribution in [0.5, 0.6) is 11.5 Å². The zero-order valence-corrected chi connectivity index (χ0v) is 28.5. The maximum atomic E-state index is 6.23. The summed E-state index contributed by atoms with van der Waals surface area (Å²) < 4.78 is 23.3. The topological polar surface area (TPSA) is 112 Å². The van der Waals surface area contributed by atoms with Crippen LogP contribution >= 0.6 is 0 Å². The second-order valence-electron chi connectivity index (χ2n) is 13.6. The Kier molecular flexibility index (Phi) is 13.4. The molecule has 7 rings (SSSR count). The Morgan fingerprint density at radius 3 is 2.04 bits per heavy atom. The van der Waals surface area contributed by atoms with E-state index in [2.05, 4.69) is 49.1 Å². The number of hydrogen-bond donors (Lipinski definition) is 3. The van der Waals surface area contributed by atoms with Gasteiger partial charge in [0, 0.05) is 68.6 Å². The molecule has 0 saturated carbocycles. The van der Waals surface area contributed by atoms with E-state index in [1.165, 1.54) is 36.0 Å². The summed E-state index contributed by atoms with van der Waals surface area (Å²) in [6.45, 7) is 7.41.